The molecule has 0 spiro atoms. The van der Waals surface area contributed by atoms with Crippen molar-refractivity contribution in [2.24, 2.45) is 11.7 Å². The third-order valence-corrected chi connectivity index (χ3v) is 4.09. The lowest BCUT2D eigenvalue weighted by atomic mass is 9.97. The van der Waals surface area contributed by atoms with Crippen LogP contribution in [0.5, 0.6) is 0 Å². The van der Waals surface area contributed by atoms with Gasteiger partial charge in [0.15, 0.2) is 0 Å². The molecule has 1 aliphatic heterocycles. The first-order valence-corrected chi connectivity index (χ1v) is 8.31. The van der Waals surface area contributed by atoms with Gasteiger partial charge in [0.2, 0.25) is 5.91 Å². The zero-order valence-electron chi connectivity index (χ0n) is 14.3. The molecule has 2 atom stereocenters. The maximum atomic E-state index is 13.6. The molecule has 25 heavy (non-hydrogen) atoms. The van der Waals surface area contributed by atoms with Crippen LogP contribution in [-0.2, 0) is 4.79 Å². The molecule has 3 amide bonds. The predicted octanol–water partition coefficient (Wildman–Crippen LogP) is 2.34. The van der Waals surface area contributed by atoms with Crippen LogP contribution in [0.4, 0.5) is 14.9 Å². The van der Waals surface area contributed by atoms with Crippen LogP contribution in [0, 0.1) is 11.7 Å². The number of piperidine rings is 1. The first kappa shape index (κ1) is 21.2. The molecular weight excluding hydrogens is 347 g/mol. The number of nitrogens with zero attached hydrogens (tertiary/aromatic N) is 1. The Kier molecular flexibility index (Phi) is 8.65. The fourth-order valence-electron chi connectivity index (χ4n) is 2.70. The average molecular weight is 373 g/mol. The number of benzene rings is 1. The average Bonchev–Trinajstić information content (AvgIpc) is 2.56. The number of carbonyl (C=O) groups is 2. The van der Waals surface area contributed by atoms with Crippen LogP contribution < -0.4 is 16.4 Å². The van der Waals surface area contributed by atoms with E-state index in [1.54, 1.807) is 17.0 Å². The summed E-state index contributed by atoms with van der Waals surface area (Å²) in [7, 11) is 0. The zero-order chi connectivity index (χ0) is 17.5. The van der Waals surface area contributed by atoms with Crippen LogP contribution in [0.15, 0.2) is 24.3 Å². The number of urea groups is 1. The van der Waals surface area contributed by atoms with Crippen molar-refractivity contribution in [3.63, 3.8) is 0 Å². The number of carbonyl (C=O) groups excluding carboxylic acids is 2. The highest BCUT2D eigenvalue weighted by molar-refractivity contribution is 5.90. The first-order valence-electron chi connectivity index (χ1n) is 8.31. The number of rotatable bonds is 5. The molecule has 0 aromatic heterocycles. The van der Waals surface area contributed by atoms with Gasteiger partial charge in [-0.2, -0.15) is 0 Å². The van der Waals surface area contributed by atoms with E-state index in [9.17, 15) is 14.0 Å². The zero-order valence-corrected chi connectivity index (χ0v) is 15.2. The highest BCUT2D eigenvalue weighted by atomic mass is 35.5. The van der Waals surface area contributed by atoms with E-state index in [4.69, 9.17) is 5.73 Å². The second kappa shape index (κ2) is 10.2. The van der Waals surface area contributed by atoms with E-state index < -0.39 is 5.82 Å². The summed E-state index contributed by atoms with van der Waals surface area (Å²) in [6.45, 7) is 3.32. The van der Waals surface area contributed by atoms with Gasteiger partial charge in [0.1, 0.15) is 5.82 Å². The van der Waals surface area contributed by atoms with Crippen LogP contribution in [0.2, 0.25) is 0 Å². The van der Waals surface area contributed by atoms with Crippen molar-refractivity contribution < 1.29 is 14.0 Å². The number of para-hydroxylation sites is 1. The third-order valence-electron chi connectivity index (χ3n) is 4.09. The van der Waals surface area contributed by atoms with Crippen molar-refractivity contribution in [3.05, 3.63) is 30.1 Å². The number of halogens is 2. The van der Waals surface area contributed by atoms with Gasteiger partial charge >= 0.3 is 6.03 Å². The molecule has 1 aromatic rings. The predicted molar refractivity (Wildman–Crippen MR) is 98.2 cm³/mol. The lowest BCUT2D eigenvalue weighted by Gasteiger charge is -2.32. The molecule has 6 nitrogen and oxygen atoms in total. The van der Waals surface area contributed by atoms with Crippen LogP contribution >= 0.6 is 12.4 Å². The van der Waals surface area contributed by atoms with Gasteiger partial charge in [0, 0.05) is 25.7 Å². The quantitative estimate of drug-likeness (QED) is 0.741. The Hall–Kier alpha value is -1.86. The molecule has 8 heteroatoms. The first-order chi connectivity index (χ1) is 11.5. The summed E-state index contributed by atoms with van der Waals surface area (Å²) in [4.78, 5) is 26.0. The van der Waals surface area contributed by atoms with Crippen LogP contribution in [0.3, 0.4) is 0 Å². The standard InChI is InChI=1S/C17H25FN4O2.ClH/c1-12(19)8-9-20-16(23)13-5-4-10-22(11-13)17(24)21-15-7-3-2-6-14(15)18;/h2-3,6-7,12-13H,4-5,8-11,19H2,1H3,(H,20,23)(H,21,24);1H. The fourth-order valence-corrected chi connectivity index (χ4v) is 2.70. The number of hydrogen-bond acceptors (Lipinski definition) is 3. The number of nitrogens with one attached hydrogen (secondary N) is 2. The molecular formula is C17H26ClFN4O2. The van der Waals surface area contributed by atoms with Gasteiger partial charge in [0.25, 0.3) is 0 Å². The number of nitrogens with two attached hydrogens (primary N) is 1. The Balaban J connectivity index is 0.00000312. The van der Waals surface area contributed by atoms with Gasteiger partial charge in [0.05, 0.1) is 11.6 Å². The van der Waals surface area contributed by atoms with Crippen molar-refractivity contribution in [2.75, 3.05) is 25.0 Å². The SMILES string of the molecule is CC(N)CCNC(=O)C1CCCN(C(=O)Nc2ccccc2F)C1.Cl. The summed E-state index contributed by atoms with van der Waals surface area (Å²) in [6.07, 6.45) is 2.21. The van der Waals surface area contributed by atoms with Crippen LogP contribution in [0.1, 0.15) is 26.2 Å². The van der Waals surface area contributed by atoms with Gasteiger partial charge in [-0.3, -0.25) is 4.79 Å². The van der Waals surface area contributed by atoms with Crippen molar-refractivity contribution >= 4 is 30.0 Å². The second-order valence-electron chi connectivity index (χ2n) is 6.25. The van der Waals surface area contributed by atoms with E-state index in [1.165, 1.54) is 12.1 Å². The van der Waals surface area contributed by atoms with E-state index in [0.717, 1.165) is 19.3 Å². The number of amides is 3. The molecule has 1 heterocycles. The minimum atomic E-state index is -0.479. The fraction of sp³-hybridized carbons (Fsp3) is 0.529. The molecule has 1 fully saturated rings. The smallest absolute Gasteiger partial charge is 0.321 e. The molecule has 0 aliphatic carbocycles. The minimum absolute atomic E-state index is 0. The van der Waals surface area contributed by atoms with Crippen LogP contribution in [-0.4, -0.2) is 42.5 Å². The topological polar surface area (TPSA) is 87.5 Å². The Bertz CT molecular complexity index is 586. The van der Waals surface area contributed by atoms with E-state index in [0.29, 0.717) is 19.6 Å². The Morgan fingerprint density at radius 1 is 1.40 bits per heavy atom. The number of hydrogen-bond donors (Lipinski definition) is 3. The van der Waals surface area contributed by atoms with Gasteiger partial charge in [-0.15, -0.1) is 12.4 Å². The Morgan fingerprint density at radius 3 is 2.80 bits per heavy atom. The maximum Gasteiger partial charge on any atom is 0.321 e. The van der Waals surface area contributed by atoms with E-state index in [2.05, 4.69) is 10.6 Å². The van der Waals surface area contributed by atoms with Gasteiger partial charge in [-0.05, 0) is 38.3 Å². The summed E-state index contributed by atoms with van der Waals surface area (Å²) < 4.78 is 13.6. The van der Waals surface area contributed by atoms with Crippen molar-refractivity contribution in [3.8, 4) is 0 Å². The summed E-state index contributed by atoms with van der Waals surface area (Å²) in [5, 5.41) is 5.43. The molecule has 140 valence electrons. The number of anilines is 1. The minimum Gasteiger partial charge on any atom is -0.356 e. The highest BCUT2D eigenvalue weighted by Crippen LogP contribution is 2.19. The Labute approximate surface area is 153 Å². The molecule has 2 unspecified atom stereocenters. The summed E-state index contributed by atoms with van der Waals surface area (Å²) in [6, 6.07) is 5.68. The Morgan fingerprint density at radius 2 is 2.12 bits per heavy atom. The van der Waals surface area contributed by atoms with Crippen molar-refractivity contribution in [1.29, 1.82) is 0 Å². The molecule has 1 aliphatic rings. The van der Waals surface area contributed by atoms with E-state index in [-0.39, 0.29) is 42.0 Å². The lowest BCUT2D eigenvalue weighted by molar-refractivity contribution is -0.126. The monoisotopic (exact) mass is 372 g/mol. The molecule has 1 saturated heterocycles. The summed E-state index contributed by atoms with van der Waals surface area (Å²) in [5.74, 6) is -0.773. The second-order valence-corrected chi connectivity index (χ2v) is 6.25. The molecule has 2 rings (SSSR count). The maximum absolute atomic E-state index is 13.6. The highest BCUT2D eigenvalue weighted by Gasteiger charge is 2.28. The third kappa shape index (κ3) is 6.51. The van der Waals surface area contributed by atoms with Crippen molar-refractivity contribution in [2.45, 2.75) is 32.2 Å². The number of likely N-dealkylation sites (tertiary alicyclic amines) is 1. The summed E-state index contributed by atoms with van der Waals surface area (Å²) >= 11 is 0. The van der Waals surface area contributed by atoms with Gasteiger partial charge in [-0.25, -0.2) is 9.18 Å². The van der Waals surface area contributed by atoms with Gasteiger partial charge in [-0.1, -0.05) is 12.1 Å². The molecule has 1 aromatic carbocycles. The molecule has 0 bridgehead atoms. The lowest BCUT2D eigenvalue weighted by Crippen LogP contribution is -2.47. The van der Waals surface area contributed by atoms with Crippen LogP contribution in [0.25, 0.3) is 0 Å². The summed E-state index contributed by atoms with van der Waals surface area (Å²) in [5.41, 5.74) is 5.81. The normalized spacial score (nSPS) is 18.0. The largest absolute Gasteiger partial charge is 0.356 e. The van der Waals surface area contributed by atoms with E-state index >= 15 is 0 Å². The molecule has 0 saturated carbocycles. The van der Waals surface area contributed by atoms with Crippen molar-refractivity contribution in [1.82, 2.24) is 10.2 Å². The van der Waals surface area contributed by atoms with E-state index in [1.807, 2.05) is 6.92 Å². The molecule has 0 radical (unpaired) electrons. The van der Waals surface area contributed by atoms with Gasteiger partial charge < -0.3 is 21.3 Å². The molecule has 4 N–H and O–H groups in total.